The second-order valence-corrected chi connectivity index (χ2v) is 5.78. The highest BCUT2D eigenvalue weighted by molar-refractivity contribution is 6.02. The van der Waals surface area contributed by atoms with E-state index in [-0.39, 0.29) is 30.1 Å². The van der Waals surface area contributed by atoms with Crippen molar-refractivity contribution in [1.29, 1.82) is 0 Å². The fraction of sp³-hybridized carbons (Fsp3) is 0.625. The number of nitrogens with one attached hydrogen (secondary N) is 3. The van der Waals surface area contributed by atoms with Gasteiger partial charge in [-0.2, -0.15) is 0 Å². The van der Waals surface area contributed by atoms with E-state index in [2.05, 4.69) is 22.5 Å². The molecule has 0 atom stereocenters. The summed E-state index contributed by atoms with van der Waals surface area (Å²) in [6.07, 6.45) is 3.56. The maximum absolute atomic E-state index is 12.5. The number of piperidine rings is 1. The molecular formula is C16H26ClN3O2. The molecule has 22 heavy (non-hydrogen) atoms. The molecule has 0 aliphatic carbocycles. The molecule has 0 saturated carbocycles. The Morgan fingerprint density at radius 1 is 1.27 bits per heavy atom. The minimum atomic E-state index is -0.0825. The fourth-order valence-corrected chi connectivity index (χ4v) is 3.07. The summed E-state index contributed by atoms with van der Waals surface area (Å²) in [7, 11) is 0. The van der Waals surface area contributed by atoms with Crippen LogP contribution in [0.25, 0.3) is 0 Å². The van der Waals surface area contributed by atoms with Gasteiger partial charge in [0.15, 0.2) is 5.78 Å². The Bertz CT molecular complexity index is 534. The lowest BCUT2D eigenvalue weighted by molar-refractivity contribution is 0.0924. The van der Waals surface area contributed by atoms with Crippen molar-refractivity contribution in [2.24, 2.45) is 0 Å². The third-order valence-corrected chi connectivity index (χ3v) is 4.04. The lowest BCUT2D eigenvalue weighted by Gasteiger charge is -2.23. The Morgan fingerprint density at radius 2 is 1.91 bits per heavy atom. The largest absolute Gasteiger partial charge is 0.354 e. The first-order valence-electron chi connectivity index (χ1n) is 7.78. The average molecular weight is 328 g/mol. The van der Waals surface area contributed by atoms with Gasteiger partial charge in [-0.05, 0) is 51.8 Å². The summed E-state index contributed by atoms with van der Waals surface area (Å²) in [5.74, 6) is -0.0610. The van der Waals surface area contributed by atoms with Crippen LogP contribution in [0, 0.1) is 6.92 Å². The van der Waals surface area contributed by atoms with E-state index in [1.807, 2.05) is 6.92 Å². The number of carbonyl (C=O) groups excluding carboxylic acids is 2. The molecule has 5 nitrogen and oxygen atoms in total. The van der Waals surface area contributed by atoms with Crippen molar-refractivity contribution in [2.45, 2.75) is 52.5 Å². The van der Waals surface area contributed by atoms with E-state index < -0.39 is 0 Å². The van der Waals surface area contributed by atoms with Crippen LogP contribution in [-0.4, -0.2) is 35.8 Å². The molecule has 2 rings (SSSR count). The van der Waals surface area contributed by atoms with Crippen molar-refractivity contribution in [3.8, 4) is 0 Å². The summed E-state index contributed by atoms with van der Waals surface area (Å²) in [5, 5.41) is 6.38. The second kappa shape index (κ2) is 8.34. The van der Waals surface area contributed by atoms with E-state index >= 15 is 0 Å². The molecule has 0 radical (unpaired) electrons. The van der Waals surface area contributed by atoms with Gasteiger partial charge in [-0.3, -0.25) is 9.59 Å². The van der Waals surface area contributed by atoms with Crippen LogP contribution in [0.1, 0.15) is 65.2 Å². The quantitative estimate of drug-likeness (QED) is 0.727. The monoisotopic (exact) mass is 327 g/mol. The summed E-state index contributed by atoms with van der Waals surface area (Å²) in [5.41, 5.74) is 2.92. The van der Waals surface area contributed by atoms with E-state index in [0.717, 1.165) is 50.0 Å². The summed E-state index contributed by atoms with van der Waals surface area (Å²) in [4.78, 5) is 27.5. The van der Waals surface area contributed by atoms with Crippen molar-refractivity contribution < 1.29 is 9.59 Å². The van der Waals surface area contributed by atoms with Crippen molar-refractivity contribution in [3.63, 3.8) is 0 Å². The summed E-state index contributed by atoms with van der Waals surface area (Å²) in [6.45, 7) is 7.35. The number of H-pyrrole nitrogens is 1. The number of halogens is 1. The number of aryl methyl sites for hydroxylation is 1. The van der Waals surface area contributed by atoms with Crippen LogP contribution in [0.3, 0.4) is 0 Å². The molecule has 1 aromatic rings. The molecule has 3 N–H and O–H groups in total. The number of hydrogen-bond donors (Lipinski definition) is 3. The van der Waals surface area contributed by atoms with Crippen LogP contribution < -0.4 is 10.6 Å². The number of hydrogen-bond acceptors (Lipinski definition) is 3. The van der Waals surface area contributed by atoms with Crippen LogP contribution in [0.5, 0.6) is 0 Å². The Kier molecular flexibility index (Phi) is 7.10. The van der Waals surface area contributed by atoms with E-state index in [4.69, 9.17) is 0 Å². The van der Waals surface area contributed by atoms with Crippen molar-refractivity contribution in [2.75, 3.05) is 13.1 Å². The lowest BCUT2D eigenvalue weighted by atomic mass is 10.0. The van der Waals surface area contributed by atoms with Crippen LogP contribution in [0.4, 0.5) is 0 Å². The van der Waals surface area contributed by atoms with E-state index in [9.17, 15) is 9.59 Å². The first kappa shape index (κ1) is 18.7. The highest BCUT2D eigenvalue weighted by Crippen LogP contribution is 2.21. The molecule has 1 fully saturated rings. The van der Waals surface area contributed by atoms with Gasteiger partial charge in [-0.1, -0.05) is 13.3 Å². The van der Waals surface area contributed by atoms with Crippen LogP contribution in [-0.2, 0) is 6.42 Å². The predicted octanol–water partition coefficient (Wildman–Crippen LogP) is 2.38. The lowest BCUT2D eigenvalue weighted by Crippen LogP contribution is -2.43. The zero-order valence-corrected chi connectivity index (χ0v) is 14.4. The van der Waals surface area contributed by atoms with Gasteiger partial charge < -0.3 is 15.6 Å². The molecule has 1 amide bonds. The maximum atomic E-state index is 12.5. The number of aromatic amines is 1. The standard InChI is InChI=1S/C16H25N3O2.ClH/c1-4-5-13-14(11(3)20)10(2)18-15(13)16(21)19-12-6-8-17-9-7-12;/h12,17-18H,4-9H2,1-3H3,(H,19,21);1H. The first-order valence-corrected chi connectivity index (χ1v) is 7.78. The Balaban J connectivity index is 0.00000242. The number of carbonyl (C=O) groups is 2. The van der Waals surface area contributed by atoms with Crippen molar-refractivity contribution in [3.05, 3.63) is 22.5 Å². The van der Waals surface area contributed by atoms with Crippen LogP contribution >= 0.6 is 12.4 Å². The van der Waals surface area contributed by atoms with Crippen molar-refractivity contribution in [1.82, 2.24) is 15.6 Å². The zero-order chi connectivity index (χ0) is 15.4. The molecule has 1 aliphatic heterocycles. The maximum Gasteiger partial charge on any atom is 0.268 e. The molecule has 0 bridgehead atoms. The molecule has 6 heteroatoms. The molecule has 0 aromatic carbocycles. The Labute approximate surface area is 138 Å². The third-order valence-electron chi connectivity index (χ3n) is 4.04. The minimum Gasteiger partial charge on any atom is -0.354 e. The molecule has 2 heterocycles. The average Bonchev–Trinajstić information content (AvgIpc) is 2.77. The molecule has 1 aliphatic rings. The van der Waals surface area contributed by atoms with Crippen LogP contribution in [0.15, 0.2) is 0 Å². The number of Topliss-reactive ketones (excluding diaryl/α,β-unsaturated/α-hetero) is 1. The topological polar surface area (TPSA) is 74.0 Å². The zero-order valence-electron chi connectivity index (χ0n) is 13.5. The molecule has 1 aromatic heterocycles. The Morgan fingerprint density at radius 3 is 2.45 bits per heavy atom. The number of ketones is 1. The van der Waals surface area contributed by atoms with E-state index in [1.165, 1.54) is 0 Å². The van der Waals surface area contributed by atoms with Gasteiger partial charge in [-0.25, -0.2) is 0 Å². The van der Waals surface area contributed by atoms with Gasteiger partial charge in [-0.15, -0.1) is 12.4 Å². The van der Waals surface area contributed by atoms with E-state index in [1.54, 1.807) is 6.92 Å². The van der Waals surface area contributed by atoms with E-state index in [0.29, 0.717) is 11.3 Å². The molecule has 1 saturated heterocycles. The predicted molar refractivity (Wildman–Crippen MR) is 90.1 cm³/mol. The molecule has 124 valence electrons. The van der Waals surface area contributed by atoms with Crippen molar-refractivity contribution >= 4 is 24.1 Å². The van der Waals surface area contributed by atoms with Gasteiger partial charge >= 0.3 is 0 Å². The smallest absolute Gasteiger partial charge is 0.268 e. The summed E-state index contributed by atoms with van der Waals surface area (Å²) >= 11 is 0. The SMILES string of the molecule is CCCc1c(C(=O)NC2CCNCC2)[nH]c(C)c1C(C)=O.Cl. The van der Waals surface area contributed by atoms with Gasteiger partial charge in [0.25, 0.3) is 5.91 Å². The second-order valence-electron chi connectivity index (χ2n) is 5.78. The molecule has 0 spiro atoms. The normalized spacial score (nSPS) is 15.2. The number of amides is 1. The first-order chi connectivity index (χ1) is 10.0. The third kappa shape index (κ3) is 4.11. The highest BCUT2D eigenvalue weighted by atomic mass is 35.5. The number of aromatic nitrogens is 1. The van der Waals surface area contributed by atoms with Crippen LogP contribution in [0.2, 0.25) is 0 Å². The van der Waals surface area contributed by atoms with Gasteiger partial charge in [0, 0.05) is 17.3 Å². The highest BCUT2D eigenvalue weighted by Gasteiger charge is 2.24. The van der Waals surface area contributed by atoms with Gasteiger partial charge in [0.2, 0.25) is 0 Å². The van der Waals surface area contributed by atoms with Gasteiger partial charge in [0.05, 0.1) is 0 Å². The summed E-state index contributed by atoms with van der Waals surface area (Å²) < 4.78 is 0. The Hall–Kier alpha value is -1.33. The summed E-state index contributed by atoms with van der Waals surface area (Å²) in [6, 6.07) is 0.220. The molecule has 0 unspecified atom stereocenters. The molecular weight excluding hydrogens is 302 g/mol. The minimum absolute atomic E-state index is 0. The number of rotatable bonds is 5. The van der Waals surface area contributed by atoms with Gasteiger partial charge in [0.1, 0.15) is 5.69 Å². The fourth-order valence-electron chi connectivity index (χ4n) is 3.07.